The average molecular weight is 389 g/mol. The van der Waals surface area contributed by atoms with Crippen LogP contribution in [0.1, 0.15) is 0 Å². The Balaban J connectivity index is 0. The summed E-state index contributed by atoms with van der Waals surface area (Å²) >= 11 is 0. The topological polar surface area (TPSA) is 124 Å². The first-order valence-electron chi connectivity index (χ1n) is 2.83. The predicted octanol–water partition coefficient (Wildman–Crippen LogP) is -5.07. The van der Waals surface area contributed by atoms with Crippen molar-refractivity contribution in [2.75, 3.05) is 0 Å². The van der Waals surface area contributed by atoms with Crippen molar-refractivity contribution in [1.82, 2.24) is 0 Å². The predicted molar refractivity (Wildman–Crippen MR) is 32.1 cm³/mol. The molecule has 2 heterocycles. The molecule has 14 heavy (non-hydrogen) atoms. The van der Waals surface area contributed by atoms with E-state index in [1.807, 2.05) is 0 Å². The third-order valence-electron chi connectivity index (χ3n) is 1.11. The van der Waals surface area contributed by atoms with Crippen molar-refractivity contribution < 1.29 is 83.1 Å². The van der Waals surface area contributed by atoms with Crippen LogP contribution in [0.2, 0.25) is 0 Å². The zero-order valence-electron chi connectivity index (χ0n) is 6.27. The normalized spacial score (nSPS) is 19.3. The largest absolute Gasteiger partial charge is 1.00 e. The van der Waals surface area contributed by atoms with Crippen molar-refractivity contribution in [2.24, 2.45) is 0 Å². The number of hydrogen-bond acceptors (Lipinski definition) is 7. The van der Waals surface area contributed by atoms with Gasteiger partial charge in [0.15, 0.2) is 0 Å². The van der Waals surface area contributed by atoms with Gasteiger partial charge < -0.3 is 38.4 Å². The van der Waals surface area contributed by atoms with Gasteiger partial charge in [-0.2, -0.15) is 0 Å². The maximum absolute atomic E-state index is 10.5. The zero-order chi connectivity index (χ0) is 7.84. The molecule has 2 aliphatic heterocycles. The number of hydrogen-bond donors (Lipinski definition) is 0. The standard InChI is InChI=1S/2Ag.B4O7.H2O/c;;5-1-7-3-9-2(6)10-4(8-1)11-3;/h;;;1H2/q2*+1;-2;. The van der Waals surface area contributed by atoms with Crippen molar-refractivity contribution in [1.29, 1.82) is 0 Å². The molecule has 2 saturated heterocycles. The minimum absolute atomic E-state index is 0. The second kappa shape index (κ2) is 7.65. The molecule has 2 fully saturated rings. The Hall–Kier alpha value is 1.42. The van der Waals surface area contributed by atoms with E-state index < -0.39 is 29.3 Å². The van der Waals surface area contributed by atoms with Gasteiger partial charge in [-0.15, -0.1) is 0 Å². The summed E-state index contributed by atoms with van der Waals surface area (Å²) in [6.07, 6.45) is 0. The van der Waals surface area contributed by atoms with E-state index in [0.717, 1.165) is 0 Å². The fraction of sp³-hybridized carbons (Fsp3) is 0. The Morgan fingerprint density at radius 1 is 0.643 bits per heavy atom. The molecule has 14 heteroatoms. The fourth-order valence-corrected chi connectivity index (χ4v) is 0.710. The number of fused-ring (bicyclic) bond motifs is 2. The first-order chi connectivity index (χ1) is 5.24. The van der Waals surface area contributed by atoms with Gasteiger partial charge in [0.2, 0.25) is 0 Å². The molecule has 84 valence electrons. The van der Waals surface area contributed by atoms with Crippen molar-refractivity contribution in [3.63, 3.8) is 0 Å². The van der Waals surface area contributed by atoms with Gasteiger partial charge in [0.1, 0.15) is 0 Å². The van der Waals surface area contributed by atoms with E-state index in [1.54, 1.807) is 0 Å². The molecule has 0 saturated carbocycles. The molecule has 0 aromatic rings. The first-order valence-corrected chi connectivity index (χ1v) is 2.83. The Morgan fingerprint density at radius 2 is 0.929 bits per heavy atom. The second-order valence-electron chi connectivity index (χ2n) is 1.84. The van der Waals surface area contributed by atoms with Crippen LogP contribution in [0.15, 0.2) is 0 Å². The third-order valence-corrected chi connectivity index (χ3v) is 1.11. The van der Waals surface area contributed by atoms with E-state index in [2.05, 4.69) is 22.9 Å². The van der Waals surface area contributed by atoms with Crippen LogP contribution in [-0.4, -0.2) is 34.8 Å². The summed E-state index contributed by atoms with van der Waals surface area (Å²) in [6.45, 7) is 0. The van der Waals surface area contributed by atoms with Gasteiger partial charge >= 0.3 is 74.0 Å². The molecule has 0 aromatic carbocycles. The van der Waals surface area contributed by atoms with Gasteiger partial charge in [0, 0.05) is 0 Å². The maximum atomic E-state index is 10.5. The third kappa shape index (κ3) is 4.51. The molecule has 0 aliphatic carbocycles. The summed E-state index contributed by atoms with van der Waals surface area (Å²) in [7, 11) is -6.00. The van der Waals surface area contributed by atoms with Gasteiger partial charge in [0.25, 0.3) is 0 Å². The maximum Gasteiger partial charge on any atom is 1.00 e. The fourth-order valence-electron chi connectivity index (χ4n) is 0.710. The van der Waals surface area contributed by atoms with Gasteiger partial charge in [-0.05, 0) is 0 Å². The minimum Gasteiger partial charge on any atom is -0.833 e. The first kappa shape index (κ1) is 17.8. The van der Waals surface area contributed by atoms with Crippen LogP contribution < -0.4 is 10.0 Å². The van der Waals surface area contributed by atoms with E-state index in [0.29, 0.717) is 0 Å². The zero-order valence-corrected chi connectivity index (χ0v) is 9.23. The van der Waals surface area contributed by atoms with Gasteiger partial charge in [-0.25, -0.2) is 0 Å². The van der Waals surface area contributed by atoms with Crippen molar-refractivity contribution in [3.8, 4) is 0 Å². The summed E-state index contributed by atoms with van der Waals surface area (Å²) in [5.74, 6) is 0. The second-order valence-corrected chi connectivity index (χ2v) is 1.84. The molecule has 2 bridgehead atoms. The Morgan fingerprint density at radius 3 is 1.21 bits per heavy atom. The molecule has 0 amide bonds. The molecule has 0 aromatic heterocycles. The molecule has 2 rings (SSSR count). The summed E-state index contributed by atoms with van der Waals surface area (Å²) in [5, 5.41) is 21.0. The van der Waals surface area contributed by atoms with Crippen LogP contribution in [0.5, 0.6) is 0 Å². The Kier molecular flexibility index (Phi) is 9.73. The molecule has 0 radical (unpaired) electrons. The van der Waals surface area contributed by atoms with Crippen molar-refractivity contribution >= 4 is 29.3 Å². The van der Waals surface area contributed by atoms with E-state index in [-0.39, 0.29) is 50.2 Å². The molecule has 2 N–H and O–H groups in total. The van der Waals surface area contributed by atoms with Gasteiger partial charge in [-0.3, -0.25) is 0 Å². The van der Waals surface area contributed by atoms with Crippen LogP contribution in [-0.2, 0) is 67.6 Å². The van der Waals surface area contributed by atoms with E-state index in [4.69, 9.17) is 0 Å². The molecule has 0 spiro atoms. The summed E-state index contributed by atoms with van der Waals surface area (Å²) in [5.41, 5.74) is 0. The van der Waals surface area contributed by atoms with Crippen LogP contribution in [0.4, 0.5) is 0 Å². The average Bonchev–Trinajstić information content (AvgIpc) is 1.82. The minimum atomic E-state index is -1.73. The molecule has 8 nitrogen and oxygen atoms in total. The smallest absolute Gasteiger partial charge is 0.833 e. The van der Waals surface area contributed by atoms with Crippen LogP contribution in [0, 0.1) is 0 Å². The van der Waals surface area contributed by atoms with Crippen LogP contribution in [0.3, 0.4) is 0 Å². The summed E-state index contributed by atoms with van der Waals surface area (Å²) in [4.78, 5) is 0. The molecular weight excluding hydrogens is 387 g/mol. The quantitative estimate of drug-likeness (QED) is 0.380. The van der Waals surface area contributed by atoms with Crippen LogP contribution >= 0.6 is 0 Å². The summed E-state index contributed by atoms with van der Waals surface area (Å²) in [6, 6.07) is 0. The SMILES string of the molecule is O.[Ag+].[Ag+].[O-]B1OB2OB([O-])OB(O1)O2. The molecule has 0 atom stereocenters. The van der Waals surface area contributed by atoms with Crippen molar-refractivity contribution in [2.45, 2.75) is 0 Å². The van der Waals surface area contributed by atoms with Crippen molar-refractivity contribution in [3.05, 3.63) is 0 Å². The van der Waals surface area contributed by atoms with E-state index in [1.165, 1.54) is 0 Å². The molecular formula is H2Ag2B4O8. The van der Waals surface area contributed by atoms with E-state index >= 15 is 0 Å². The Bertz CT molecular complexity index is 125. The Labute approximate surface area is 112 Å². The summed E-state index contributed by atoms with van der Waals surface area (Å²) < 4.78 is 21.9. The van der Waals surface area contributed by atoms with Gasteiger partial charge in [-0.1, -0.05) is 0 Å². The van der Waals surface area contributed by atoms with Gasteiger partial charge in [0.05, 0.1) is 0 Å². The van der Waals surface area contributed by atoms with Crippen LogP contribution in [0.25, 0.3) is 0 Å². The molecule has 0 unspecified atom stereocenters. The van der Waals surface area contributed by atoms with E-state index in [9.17, 15) is 10.0 Å². The monoisotopic (exact) mass is 388 g/mol. The molecule has 2 aliphatic rings. The number of rotatable bonds is 0.